The molecule has 8 heteroatoms. The maximum absolute atomic E-state index is 11.7. The van der Waals surface area contributed by atoms with E-state index in [-0.39, 0.29) is 17.0 Å². The largest absolute Gasteiger partial charge is 0.507 e. The van der Waals surface area contributed by atoms with Gasteiger partial charge in [0.15, 0.2) is 0 Å². The van der Waals surface area contributed by atoms with Crippen LogP contribution in [0.3, 0.4) is 0 Å². The van der Waals surface area contributed by atoms with Gasteiger partial charge in [0.1, 0.15) is 5.75 Å². The fourth-order valence-corrected chi connectivity index (χ4v) is 1.71. The Morgan fingerprint density at radius 1 is 1.50 bits per heavy atom. The number of nitrogens with zero attached hydrogens (tertiary/aromatic N) is 3. The van der Waals surface area contributed by atoms with Gasteiger partial charge in [-0.3, -0.25) is 19.9 Å². The summed E-state index contributed by atoms with van der Waals surface area (Å²) in [5, 5.41) is 24.3. The predicted octanol–water partition coefficient (Wildman–Crippen LogP) is 1.77. The average molecular weight is 300 g/mol. The third-order valence-electron chi connectivity index (χ3n) is 2.82. The maximum Gasteiger partial charge on any atom is 0.272 e. The van der Waals surface area contributed by atoms with E-state index in [0.717, 1.165) is 6.21 Å². The molecule has 22 heavy (non-hydrogen) atoms. The molecule has 0 aliphatic rings. The average Bonchev–Trinajstić information content (AvgIpc) is 2.51. The summed E-state index contributed by atoms with van der Waals surface area (Å²) in [7, 11) is 0. The molecule has 0 bridgehead atoms. The smallest absolute Gasteiger partial charge is 0.272 e. The summed E-state index contributed by atoms with van der Waals surface area (Å²) in [6.45, 7) is 1.54. The highest BCUT2D eigenvalue weighted by atomic mass is 16.6. The van der Waals surface area contributed by atoms with E-state index in [2.05, 4.69) is 15.5 Å². The molecule has 0 aliphatic heterocycles. The number of hydrazone groups is 1. The van der Waals surface area contributed by atoms with Gasteiger partial charge in [-0.15, -0.1) is 0 Å². The number of nitrogens with one attached hydrogen (secondary N) is 1. The SMILES string of the molecule is Cc1cc([N+](=O)[O-])cc(/C=N\NC(=O)c2cccnc2)c1O. The van der Waals surface area contributed by atoms with Crippen LogP contribution in [0.5, 0.6) is 5.75 Å². The summed E-state index contributed by atoms with van der Waals surface area (Å²) in [5.74, 6) is -0.615. The van der Waals surface area contributed by atoms with Crippen LogP contribution in [0.15, 0.2) is 41.8 Å². The Labute approximate surface area is 125 Å². The molecule has 0 fully saturated rings. The number of non-ortho nitro benzene ring substituents is 1. The van der Waals surface area contributed by atoms with Crippen LogP contribution in [0, 0.1) is 17.0 Å². The molecule has 0 spiro atoms. The fourth-order valence-electron chi connectivity index (χ4n) is 1.71. The van der Waals surface area contributed by atoms with E-state index >= 15 is 0 Å². The van der Waals surface area contributed by atoms with Crippen molar-refractivity contribution < 1.29 is 14.8 Å². The van der Waals surface area contributed by atoms with Gasteiger partial charge < -0.3 is 5.11 Å². The quantitative estimate of drug-likeness (QED) is 0.507. The summed E-state index contributed by atoms with van der Waals surface area (Å²) in [5.41, 5.74) is 2.88. The van der Waals surface area contributed by atoms with Crippen LogP contribution in [-0.2, 0) is 0 Å². The third kappa shape index (κ3) is 3.42. The summed E-state index contributed by atoms with van der Waals surface area (Å²) in [4.78, 5) is 25.7. The molecular formula is C14H12N4O4. The second-order valence-electron chi connectivity index (χ2n) is 4.40. The second kappa shape index (κ2) is 6.44. The number of carbonyl (C=O) groups is 1. The van der Waals surface area contributed by atoms with Crippen molar-refractivity contribution in [1.29, 1.82) is 0 Å². The Balaban J connectivity index is 2.17. The number of hydrogen-bond acceptors (Lipinski definition) is 6. The number of nitro groups is 1. The predicted molar refractivity (Wildman–Crippen MR) is 78.8 cm³/mol. The Morgan fingerprint density at radius 2 is 2.27 bits per heavy atom. The Hall–Kier alpha value is -3.29. The van der Waals surface area contributed by atoms with Crippen LogP contribution in [0.2, 0.25) is 0 Å². The van der Waals surface area contributed by atoms with Gasteiger partial charge in [0.2, 0.25) is 0 Å². The van der Waals surface area contributed by atoms with E-state index in [1.165, 1.54) is 31.5 Å². The third-order valence-corrected chi connectivity index (χ3v) is 2.82. The first-order chi connectivity index (χ1) is 10.5. The number of rotatable bonds is 4. The van der Waals surface area contributed by atoms with E-state index in [1.807, 2.05) is 0 Å². The van der Waals surface area contributed by atoms with Gasteiger partial charge in [0, 0.05) is 30.1 Å². The molecule has 0 atom stereocenters. The molecule has 1 aromatic heterocycles. The van der Waals surface area contributed by atoms with Crippen molar-refractivity contribution in [2.75, 3.05) is 0 Å². The van der Waals surface area contributed by atoms with Crippen LogP contribution in [-0.4, -0.2) is 27.1 Å². The number of pyridine rings is 1. The summed E-state index contributed by atoms with van der Waals surface area (Å²) < 4.78 is 0. The normalized spacial score (nSPS) is 10.6. The van der Waals surface area contributed by atoms with Crippen molar-refractivity contribution in [1.82, 2.24) is 10.4 Å². The molecule has 2 aromatic rings. The minimum absolute atomic E-state index is 0.134. The minimum Gasteiger partial charge on any atom is -0.507 e. The topological polar surface area (TPSA) is 118 Å². The van der Waals surface area contributed by atoms with Crippen molar-refractivity contribution in [3.05, 3.63) is 63.5 Å². The number of hydrogen-bond donors (Lipinski definition) is 2. The summed E-state index contributed by atoms with van der Waals surface area (Å²) >= 11 is 0. The van der Waals surface area contributed by atoms with Gasteiger partial charge in [-0.05, 0) is 24.6 Å². The second-order valence-corrected chi connectivity index (χ2v) is 4.40. The lowest BCUT2D eigenvalue weighted by Crippen LogP contribution is -2.17. The van der Waals surface area contributed by atoms with Crippen LogP contribution >= 0.6 is 0 Å². The first kappa shape index (κ1) is 15.1. The number of nitro benzene ring substituents is 1. The van der Waals surface area contributed by atoms with Crippen molar-refractivity contribution in [2.24, 2.45) is 5.10 Å². The van der Waals surface area contributed by atoms with Crippen LogP contribution in [0.1, 0.15) is 21.5 Å². The lowest BCUT2D eigenvalue weighted by molar-refractivity contribution is -0.384. The molecule has 0 saturated carbocycles. The van der Waals surface area contributed by atoms with E-state index in [0.29, 0.717) is 11.1 Å². The van der Waals surface area contributed by atoms with Crippen molar-refractivity contribution in [3.63, 3.8) is 0 Å². The van der Waals surface area contributed by atoms with E-state index in [9.17, 15) is 20.0 Å². The van der Waals surface area contributed by atoms with Gasteiger partial charge in [0.05, 0.1) is 16.7 Å². The molecule has 0 radical (unpaired) electrons. The maximum atomic E-state index is 11.7. The fraction of sp³-hybridized carbons (Fsp3) is 0.0714. The highest BCUT2D eigenvalue weighted by molar-refractivity contribution is 5.94. The van der Waals surface area contributed by atoms with Gasteiger partial charge in [-0.25, -0.2) is 5.43 Å². The Bertz CT molecular complexity index is 744. The zero-order chi connectivity index (χ0) is 16.1. The van der Waals surface area contributed by atoms with E-state index in [4.69, 9.17) is 0 Å². The number of phenols is 1. The standard InChI is InChI=1S/C14H12N4O4/c1-9-5-12(18(21)22)6-11(13(9)19)8-16-17-14(20)10-3-2-4-15-7-10/h2-8,19H,1H3,(H,17,20)/b16-8-. The first-order valence-electron chi connectivity index (χ1n) is 6.20. The highest BCUT2D eigenvalue weighted by Crippen LogP contribution is 2.26. The van der Waals surface area contributed by atoms with Crippen LogP contribution in [0.25, 0.3) is 0 Å². The lowest BCUT2D eigenvalue weighted by Gasteiger charge is -2.03. The molecule has 1 heterocycles. The molecule has 8 nitrogen and oxygen atoms in total. The van der Waals surface area contributed by atoms with Gasteiger partial charge in [-0.1, -0.05) is 0 Å². The molecule has 0 saturated heterocycles. The van der Waals surface area contributed by atoms with Crippen molar-refractivity contribution in [3.8, 4) is 5.75 Å². The van der Waals surface area contributed by atoms with E-state index in [1.54, 1.807) is 12.1 Å². The lowest BCUT2D eigenvalue weighted by atomic mass is 10.1. The van der Waals surface area contributed by atoms with Crippen molar-refractivity contribution in [2.45, 2.75) is 6.92 Å². The number of aromatic nitrogens is 1. The van der Waals surface area contributed by atoms with Crippen LogP contribution in [0.4, 0.5) is 5.69 Å². The highest BCUT2D eigenvalue weighted by Gasteiger charge is 2.12. The number of amides is 1. The van der Waals surface area contributed by atoms with Crippen LogP contribution < -0.4 is 5.43 Å². The molecule has 2 rings (SSSR count). The Morgan fingerprint density at radius 3 is 2.91 bits per heavy atom. The molecule has 0 unspecified atom stereocenters. The molecular weight excluding hydrogens is 288 g/mol. The molecule has 2 N–H and O–H groups in total. The molecule has 1 amide bonds. The zero-order valence-electron chi connectivity index (χ0n) is 11.6. The van der Waals surface area contributed by atoms with Gasteiger partial charge >= 0.3 is 0 Å². The summed E-state index contributed by atoms with van der Waals surface area (Å²) in [6.07, 6.45) is 4.05. The van der Waals surface area contributed by atoms with Crippen molar-refractivity contribution >= 4 is 17.8 Å². The van der Waals surface area contributed by atoms with Gasteiger partial charge in [0.25, 0.3) is 11.6 Å². The summed E-state index contributed by atoms with van der Waals surface area (Å²) in [6, 6.07) is 5.59. The van der Waals surface area contributed by atoms with Gasteiger partial charge in [-0.2, -0.15) is 5.10 Å². The molecule has 1 aromatic carbocycles. The number of phenolic OH excluding ortho intramolecular Hbond substituents is 1. The number of carbonyl (C=O) groups excluding carboxylic acids is 1. The van der Waals surface area contributed by atoms with E-state index < -0.39 is 10.8 Å². The monoisotopic (exact) mass is 300 g/mol. The number of aryl methyl sites for hydroxylation is 1. The Kier molecular flexibility index (Phi) is 4.42. The number of aromatic hydroxyl groups is 1. The first-order valence-corrected chi connectivity index (χ1v) is 6.20. The molecule has 0 aliphatic carbocycles. The molecule has 112 valence electrons. The number of benzene rings is 1. The zero-order valence-corrected chi connectivity index (χ0v) is 11.6. The minimum atomic E-state index is -0.571.